The summed E-state index contributed by atoms with van der Waals surface area (Å²) in [5.74, 6) is -0.0460. The Morgan fingerprint density at radius 1 is 1.38 bits per heavy atom. The molecule has 0 bridgehead atoms. The highest BCUT2D eigenvalue weighted by Crippen LogP contribution is 2.45. The molecule has 4 heteroatoms. The van der Waals surface area contributed by atoms with Gasteiger partial charge in [0.15, 0.2) is 0 Å². The molecule has 2 aliphatic carbocycles. The predicted octanol–water partition coefficient (Wildman–Crippen LogP) is 2.08. The molecule has 16 heavy (non-hydrogen) atoms. The number of nitrogens with zero attached hydrogens (tertiary/aromatic N) is 1. The third-order valence-corrected chi connectivity index (χ3v) is 5.34. The first-order valence-corrected chi connectivity index (χ1v) is 7.14. The molecule has 88 valence electrons. The lowest BCUT2D eigenvalue weighted by Gasteiger charge is -2.27. The Kier molecular flexibility index (Phi) is 3.16. The van der Waals surface area contributed by atoms with E-state index >= 15 is 0 Å². The van der Waals surface area contributed by atoms with Gasteiger partial charge in [0.1, 0.15) is 5.41 Å². The second kappa shape index (κ2) is 4.29. The average molecular weight is 238 g/mol. The van der Waals surface area contributed by atoms with Gasteiger partial charge in [-0.1, -0.05) is 12.8 Å². The van der Waals surface area contributed by atoms with E-state index in [9.17, 15) is 4.79 Å². The quantitative estimate of drug-likeness (QED) is 0.816. The molecule has 0 aromatic carbocycles. The van der Waals surface area contributed by atoms with Gasteiger partial charge < -0.3 is 5.32 Å². The Balaban J connectivity index is 1.87. The standard InChI is InChI=1S/C12H18N2OS/c1-16-12(4-2-3-5-12)9-14-10(15)11(8-13)6-7-11/h2-7,9H2,1H3,(H,14,15). The van der Waals surface area contributed by atoms with Crippen LogP contribution in [0.4, 0.5) is 0 Å². The first-order chi connectivity index (χ1) is 7.66. The molecule has 0 atom stereocenters. The summed E-state index contributed by atoms with van der Waals surface area (Å²) in [4.78, 5) is 11.8. The Morgan fingerprint density at radius 2 is 2.00 bits per heavy atom. The molecule has 0 spiro atoms. The molecule has 1 amide bonds. The Morgan fingerprint density at radius 3 is 2.44 bits per heavy atom. The van der Waals surface area contributed by atoms with Crippen molar-refractivity contribution in [3.63, 3.8) is 0 Å². The largest absolute Gasteiger partial charge is 0.353 e. The van der Waals surface area contributed by atoms with E-state index in [-0.39, 0.29) is 10.7 Å². The van der Waals surface area contributed by atoms with Gasteiger partial charge in [0.25, 0.3) is 0 Å². The van der Waals surface area contributed by atoms with Crippen LogP contribution in [0.5, 0.6) is 0 Å². The van der Waals surface area contributed by atoms with Crippen LogP contribution in [-0.2, 0) is 4.79 Å². The predicted molar refractivity (Wildman–Crippen MR) is 65.0 cm³/mol. The molecule has 2 aliphatic rings. The van der Waals surface area contributed by atoms with Gasteiger partial charge in [-0.3, -0.25) is 4.79 Å². The lowest BCUT2D eigenvalue weighted by atomic mass is 10.1. The van der Waals surface area contributed by atoms with Gasteiger partial charge in [-0.15, -0.1) is 0 Å². The van der Waals surface area contributed by atoms with Crippen molar-refractivity contribution in [1.82, 2.24) is 5.32 Å². The highest BCUT2D eigenvalue weighted by molar-refractivity contribution is 8.00. The van der Waals surface area contributed by atoms with E-state index in [0.717, 1.165) is 19.4 Å². The van der Waals surface area contributed by atoms with Crippen molar-refractivity contribution in [2.45, 2.75) is 43.3 Å². The van der Waals surface area contributed by atoms with Crippen LogP contribution in [0.15, 0.2) is 0 Å². The van der Waals surface area contributed by atoms with Crippen LogP contribution in [0.3, 0.4) is 0 Å². The molecule has 1 N–H and O–H groups in total. The smallest absolute Gasteiger partial charge is 0.240 e. The molecule has 0 radical (unpaired) electrons. The minimum atomic E-state index is -0.668. The number of nitrogens with one attached hydrogen (secondary N) is 1. The van der Waals surface area contributed by atoms with Gasteiger partial charge in [-0.05, 0) is 31.9 Å². The van der Waals surface area contributed by atoms with E-state index in [4.69, 9.17) is 5.26 Å². The van der Waals surface area contributed by atoms with Gasteiger partial charge in [0.05, 0.1) is 6.07 Å². The topological polar surface area (TPSA) is 52.9 Å². The zero-order valence-corrected chi connectivity index (χ0v) is 10.5. The lowest BCUT2D eigenvalue weighted by Crippen LogP contribution is -2.41. The summed E-state index contributed by atoms with van der Waals surface area (Å²) in [5, 5.41) is 11.9. The van der Waals surface area contributed by atoms with E-state index in [1.54, 1.807) is 0 Å². The van der Waals surface area contributed by atoms with Gasteiger partial charge in [-0.2, -0.15) is 17.0 Å². The average Bonchev–Trinajstić information content (AvgIpc) is 2.99. The molecule has 0 unspecified atom stereocenters. The molecule has 0 aromatic rings. The summed E-state index contributed by atoms with van der Waals surface area (Å²) in [7, 11) is 0. The highest BCUT2D eigenvalue weighted by Gasteiger charge is 2.51. The first-order valence-electron chi connectivity index (χ1n) is 5.91. The molecule has 2 saturated carbocycles. The minimum Gasteiger partial charge on any atom is -0.353 e. The van der Waals surface area contributed by atoms with Crippen LogP contribution in [0.1, 0.15) is 38.5 Å². The number of carbonyl (C=O) groups excluding carboxylic acids is 1. The molecular weight excluding hydrogens is 220 g/mol. The van der Waals surface area contributed by atoms with Crippen LogP contribution in [-0.4, -0.2) is 23.5 Å². The number of hydrogen-bond donors (Lipinski definition) is 1. The van der Waals surface area contributed by atoms with Crippen molar-refractivity contribution in [2.75, 3.05) is 12.8 Å². The maximum atomic E-state index is 11.8. The van der Waals surface area contributed by atoms with E-state index in [0.29, 0.717) is 0 Å². The molecule has 3 nitrogen and oxygen atoms in total. The fourth-order valence-electron chi connectivity index (χ4n) is 2.40. The van der Waals surface area contributed by atoms with E-state index in [1.165, 1.54) is 25.7 Å². The summed E-state index contributed by atoms with van der Waals surface area (Å²) < 4.78 is 0.237. The van der Waals surface area contributed by atoms with E-state index < -0.39 is 5.41 Å². The summed E-state index contributed by atoms with van der Waals surface area (Å²) in [6, 6.07) is 2.14. The zero-order valence-electron chi connectivity index (χ0n) is 9.71. The van der Waals surface area contributed by atoms with Crippen LogP contribution in [0, 0.1) is 16.7 Å². The Labute approximate surface area is 101 Å². The van der Waals surface area contributed by atoms with Gasteiger partial charge in [0.2, 0.25) is 5.91 Å². The fourth-order valence-corrected chi connectivity index (χ4v) is 3.31. The van der Waals surface area contributed by atoms with Crippen LogP contribution >= 0.6 is 11.8 Å². The Hall–Kier alpha value is -0.690. The number of nitriles is 1. The summed E-state index contributed by atoms with van der Waals surface area (Å²) >= 11 is 1.86. The summed E-state index contributed by atoms with van der Waals surface area (Å²) in [6.07, 6.45) is 8.50. The number of hydrogen-bond acceptors (Lipinski definition) is 3. The Bertz CT molecular complexity index is 324. The summed E-state index contributed by atoms with van der Waals surface area (Å²) in [5.41, 5.74) is -0.668. The van der Waals surface area contributed by atoms with Gasteiger partial charge in [0, 0.05) is 11.3 Å². The molecule has 2 rings (SSSR count). The van der Waals surface area contributed by atoms with Crippen molar-refractivity contribution in [3.05, 3.63) is 0 Å². The third kappa shape index (κ3) is 2.06. The monoisotopic (exact) mass is 238 g/mol. The molecule has 0 heterocycles. The maximum Gasteiger partial charge on any atom is 0.240 e. The third-order valence-electron chi connectivity index (χ3n) is 3.92. The second-order valence-corrected chi connectivity index (χ2v) is 6.25. The lowest BCUT2D eigenvalue weighted by molar-refractivity contribution is -0.124. The molecular formula is C12H18N2OS. The highest BCUT2D eigenvalue weighted by atomic mass is 32.2. The number of thioether (sulfide) groups is 1. The normalized spacial score (nSPS) is 24.8. The van der Waals surface area contributed by atoms with E-state index in [1.807, 2.05) is 11.8 Å². The second-order valence-electron chi connectivity index (χ2n) is 4.97. The number of rotatable bonds is 4. The molecule has 0 saturated heterocycles. The minimum absolute atomic E-state index is 0.0460. The zero-order chi connectivity index (χ0) is 11.6. The van der Waals surface area contributed by atoms with Crippen LogP contribution in [0.2, 0.25) is 0 Å². The van der Waals surface area contributed by atoms with Crippen molar-refractivity contribution in [3.8, 4) is 6.07 Å². The van der Waals surface area contributed by atoms with Crippen molar-refractivity contribution < 1.29 is 4.79 Å². The molecule has 0 aromatic heterocycles. The number of amides is 1. The van der Waals surface area contributed by atoms with E-state index in [2.05, 4.69) is 17.6 Å². The summed E-state index contributed by atoms with van der Waals surface area (Å²) in [6.45, 7) is 0.733. The van der Waals surface area contributed by atoms with Gasteiger partial charge in [-0.25, -0.2) is 0 Å². The van der Waals surface area contributed by atoms with Crippen LogP contribution < -0.4 is 5.32 Å². The molecule has 2 fully saturated rings. The molecule has 0 aliphatic heterocycles. The first kappa shape index (κ1) is 11.8. The van der Waals surface area contributed by atoms with Crippen LogP contribution in [0.25, 0.3) is 0 Å². The number of carbonyl (C=O) groups is 1. The maximum absolute atomic E-state index is 11.8. The van der Waals surface area contributed by atoms with Crippen molar-refractivity contribution >= 4 is 17.7 Å². The van der Waals surface area contributed by atoms with Gasteiger partial charge >= 0.3 is 0 Å². The van der Waals surface area contributed by atoms with Crippen molar-refractivity contribution in [1.29, 1.82) is 5.26 Å². The SMILES string of the molecule is CSC1(CNC(=O)C2(C#N)CC2)CCCC1. The fraction of sp³-hybridized carbons (Fsp3) is 0.833. The van der Waals surface area contributed by atoms with Crippen molar-refractivity contribution in [2.24, 2.45) is 5.41 Å².